The van der Waals surface area contributed by atoms with Gasteiger partial charge in [-0.15, -0.1) is 0 Å². The third-order valence-electron chi connectivity index (χ3n) is 1.94. The molecule has 0 heterocycles. The number of hydrogen-bond acceptors (Lipinski definition) is 2. The molecule has 0 amide bonds. The molecule has 0 rings (SSSR count). The van der Waals surface area contributed by atoms with E-state index in [0.29, 0.717) is 0 Å². The summed E-state index contributed by atoms with van der Waals surface area (Å²) in [6.45, 7) is 8.86. The van der Waals surface area contributed by atoms with Crippen molar-refractivity contribution < 1.29 is 9.47 Å². The third-order valence-corrected chi connectivity index (χ3v) is 1.94. The molecule has 14 heavy (non-hydrogen) atoms. The third kappa shape index (κ3) is 11.9. The van der Waals surface area contributed by atoms with Gasteiger partial charge in [-0.1, -0.05) is 26.7 Å². The monoisotopic (exact) mass is 201 g/mol. The maximum absolute atomic E-state index is 5.47. The van der Waals surface area contributed by atoms with Gasteiger partial charge in [0.1, 0.15) is 0 Å². The molecule has 0 N–H and O–H groups in total. The lowest BCUT2D eigenvalue weighted by molar-refractivity contribution is 0.120. The Labute approximate surface area is 89.0 Å². The van der Waals surface area contributed by atoms with Crippen molar-refractivity contribution in [1.82, 2.24) is 0 Å². The maximum atomic E-state index is 5.47. The van der Waals surface area contributed by atoms with Gasteiger partial charge in [-0.3, -0.25) is 0 Å². The molecular formula is C12H25O2. The number of unbranched alkanes of at least 4 members (excludes halogenated alkanes) is 3. The van der Waals surface area contributed by atoms with Crippen molar-refractivity contribution in [2.75, 3.05) is 19.8 Å². The van der Waals surface area contributed by atoms with Crippen LogP contribution in [0, 0.1) is 6.61 Å². The Hall–Kier alpha value is -0.0800. The molecule has 2 heteroatoms. The minimum Gasteiger partial charge on any atom is -0.381 e. The lowest BCUT2D eigenvalue weighted by Gasteiger charge is -2.03. The summed E-state index contributed by atoms with van der Waals surface area (Å²) >= 11 is 0. The van der Waals surface area contributed by atoms with Gasteiger partial charge < -0.3 is 9.47 Å². The standard InChI is InChI=1S/C12H25O2/c1-3-5-6-10-14-12-8-7-11-13-9-4-2/h11H,3-10,12H2,1-2H3. The van der Waals surface area contributed by atoms with Crippen LogP contribution in [0.2, 0.25) is 0 Å². The van der Waals surface area contributed by atoms with Crippen molar-refractivity contribution >= 4 is 0 Å². The van der Waals surface area contributed by atoms with Gasteiger partial charge >= 0.3 is 0 Å². The summed E-state index contributed by atoms with van der Waals surface area (Å²) in [5, 5.41) is 0. The minimum absolute atomic E-state index is 0.845. The zero-order valence-electron chi connectivity index (χ0n) is 9.76. The Morgan fingerprint density at radius 3 is 2.36 bits per heavy atom. The maximum Gasteiger partial charge on any atom is 0.0837 e. The quantitative estimate of drug-likeness (QED) is 0.476. The van der Waals surface area contributed by atoms with E-state index >= 15 is 0 Å². The number of ether oxygens (including phenoxy) is 2. The minimum atomic E-state index is 0.845. The van der Waals surface area contributed by atoms with E-state index in [-0.39, 0.29) is 0 Å². The molecule has 0 aromatic carbocycles. The summed E-state index contributed by atoms with van der Waals surface area (Å²) in [7, 11) is 0. The molecule has 0 aliphatic heterocycles. The first-order valence-electron chi connectivity index (χ1n) is 5.92. The topological polar surface area (TPSA) is 18.5 Å². The van der Waals surface area contributed by atoms with Crippen LogP contribution >= 0.6 is 0 Å². The van der Waals surface area contributed by atoms with Gasteiger partial charge in [-0.05, 0) is 25.7 Å². The lowest BCUT2D eigenvalue weighted by atomic mass is 10.3. The van der Waals surface area contributed by atoms with Crippen molar-refractivity contribution in [2.24, 2.45) is 0 Å². The van der Waals surface area contributed by atoms with E-state index in [4.69, 9.17) is 9.47 Å². The first-order chi connectivity index (χ1) is 6.91. The summed E-state index contributed by atoms with van der Waals surface area (Å²) in [6, 6.07) is 0. The van der Waals surface area contributed by atoms with Gasteiger partial charge in [0.15, 0.2) is 0 Å². The van der Waals surface area contributed by atoms with Gasteiger partial charge in [0.2, 0.25) is 0 Å². The van der Waals surface area contributed by atoms with Crippen molar-refractivity contribution in [3.05, 3.63) is 6.61 Å². The number of hydrogen-bond donors (Lipinski definition) is 0. The first-order valence-corrected chi connectivity index (χ1v) is 5.92. The van der Waals surface area contributed by atoms with Crippen LogP contribution in [0.1, 0.15) is 52.4 Å². The first kappa shape index (κ1) is 13.9. The predicted octanol–water partition coefficient (Wildman–Crippen LogP) is 3.56. The molecule has 0 fully saturated rings. The highest BCUT2D eigenvalue weighted by Gasteiger charge is 1.91. The lowest BCUT2D eigenvalue weighted by Crippen LogP contribution is -1.98. The van der Waals surface area contributed by atoms with Crippen LogP contribution in [0.15, 0.2) is 0 Å². The molecular weight excluding hydrogens is 176 g/mol. The summed E-state index contributed by atoms with van der Waals surface area (Å²) in [5.74, 6) is 0. The van der Waals surface area contributed by atoms with E-state index in [1.807, 2.05) is 6.61 Å². The van der Waals surface area contributed by atoms with Crippen LogP contribution in [0.3, 0.4) is 0 Å². The molecule has 0 aromatic heterocycles. The highest BCUT2D eigenvalue weighted by molar-refractivity contribution is 4.50. The van der Waals surface area contributed by atoms with Gasteiger partial charge in [-0.2, -0.15) is 0 Å². The Kier molecular flexibility index (Phi) is 12.8. The van der Waals surface area contributed by atoms with E-state index < -0.39 is 0 Å². The van der Waals surface area contributed by atoms with E-state index in [1.54, 1.807) is 0 Å². The second kappa shape index (κ2) is 12.9. The fourth-order valence-electron chi connectivity index (χ4n) is 1.11. The molecule has 1 radical (unpaired) electrons. The molecule has 2 nitrogen and oxygen atoms in total. The van der Waals surface area contributed by atoms with Gasteiger partial charge in [0, 0.05) is 19.8 Å². The molecule has 0 aliphatic rings. The van der Waals surface area contributed by atoms with Crippen LogP contribution in [0.5, 0.6) is 0 Å². The van der Waals surface area contributed by atoms with Crippen LogP contribution < -0.4 is 0 Å². The molecule has 0 bridgehead atoms. The molecule has 0 saturated heterocycles. The molecule has 0 aromatic rings. The van der Waals surface area contributed by atoms with E-state index in [2.05, 4.69) is 13.8 Å². The second-order valence-corrected chi connectivity index (χ2v) is 3.50. The average molecular weight is 201 g/mol. The van der Waals surface area contributed by atoms with Crippen molar-refractivity contribution in [1.29, 1.82) is 0 Å². The summed E-state index contributed by atoms with van der Waals surface area (Å²) in [6.07, 6.45) is 6.92. The SMILES string of the molecule is CCCCCOCCC[CH]OCCC. The normalized spacial score (nSPS) is 10.7. The Bertz CT molecular complexity index is 82.3. The van der Waals surface area contributed by atoms with E-state index in [0.717, 1.165) is 39.1 Å². The highest BCUT2D eigenvalue weighted by Crippen LogP contribution is 1.99. The molecule has 0 aliphatic carbocycles. The van der Waals surface area contributed by atoms with Gasteiger partial charge in [0.05, 0.1) is 6.61 Å². The van der Waals surface area contributed by atoms with Crippen LogP contribution in [0.4, 0.5) is 0 Å². The Morgan fingerprint density at radius 2 is 1.64 bits per heavy atom. The smallest absolute Gasteiger partial charge is 0.0837 e. The second-order valence-electron chi connectivity index (χ2n) is 3.50. The Morgan fingerprint density at radius 1 is 0.857 bits per heavy atom. The van der Waals surface area contributed by atoms with Gasteiger partial charge in [-0.25, -0.2) is 0 Å². The zero-order valence-corrected chi connectivity index (χ0v) is 9.76. The van der Waals surface area contributed by atoms with Crippen molar-refractivity contribution in [3.63, 3.8) is 0 Å². The van der Waals surface area contributed by atoms with Crippen LogP contribution in [-0.4, -0.2) is 19.8 Å². The van der Waals surface area contributed by atoms with E-state index in [1.165, 1.54) is 19.3 Å². The van der Waals surface area contributed by atoms with Crippen molar-refractivity contribution in [2.45, 2.75) is 52.4 Å². The fourth-order valence-corrected chi connectivity index (χ4v) is 1.11. The molecule has 85 valence electrons. The number of rotatable bonds is 11. The molecule has 0 spiro atoms. The van der Waals surface area contributed by atoms with Crippen LogP contribution in [-0.2, 0) is 9.47 Å². The van der Waals surface area contributed by atoms with Gasteiger partial charge in [0.25, 0.3) is 0 Å². The fraction of sp³-hybridized carbons (Fsp3) is 0.917. The summed E-state index contributed by atoms with van der Waals surface area (Å²) in [4.78, 5) is 0. The average Bonchev–Trinajstić information content (AvgIpc) is 2.21. The molecule has 0 unspecified atom stereocenters. The summed E-state index contributed by atoms with van der Waals surface area (Å²) < 4.78 is 10.7. The zero-order chi connectivity index (χ0) is 10.5. The predicted molar refractivity (Wildman–Crippen MR) is 60.1 cm³/mol. The highest BCUT2D eigenvalue weighted by atomic mass is 16.5. The van der Waals surface area contributed by atoms with Crippen LogP contribution in [0.25, 0.3) is 0 Å². The Balaban J connectivity index is 2.78. The van der Waals surface area contributed by atoms with E-state index in [9.17, 15) is 0 Å². The largest absolute Gasteiger partial charge is 0.381 e. The summed E-state index contributed by atoms with van der Waals surface area (Å²) in [5.41, 5.74) is 0. The molecule has 0 atom stereocenters. The van der Waals surface area contributed by atoms with Crippen molar-refractivity contribution in [3.8, 4) is 0 Å². The molecule has 0 saturated carbocycles.